The van der Waals surface area contributed by atoms with Gasteiger partial charge in [0.1, 0.15) is 5.82 Å². The van der Waals surface area contributed by atoms with Crippen LogP contribution in [0.5, 0.6) is 0 Å². The molecule has 2 N–H and O–H groups in total. The van der Waals surface area contributed by atoms with Gasteiger partial charge in [-0.15, -0.1) is 0 Å². The molecule has 0 saturated heterocycles. The van der Waals surface area contributed by atoms with Crippen LogP contribution in [0.1, 0.15) is 36.8 Å². The normalized spacial score (nSPS) is 10.7. The number of carbonyl (C=O) groups is 2. The van der Waals surface area contributed by atoms with Crippen LogP contribution in [0.25, 0.3) is 0 Å². The molecule has 26 heavy (non-hydrogen) atoms. The van der Waals surface area contributed by atoms with Crippen molar-refractivity contribution in [3.8, 4) is 0 Å². The summed E-state index contributed by atoms with van der Waals surface area (Å²) in [6.07, 6.45) is 3.11. The Hall–Kier alpha value is -3.02. The molecule has 2 rings (SSSR count). The lowest BCUT2D eigenvalue weighted by atomic mass is 10.1. The molecule has 2 aromatic rings. The lowest BCUT2D eigenvalue weighted by Gasteiger charge is -2.05. The number of benzene rings is 2. The average molecular weight is 355 g/mol. The molecule has 0 atom stereocenters. The van der Waals surface area contributed by atoms with Crippen molar-refractivity contribution in [2.75, 3.05) is 0 Å². The van der Waals surface area contributed by atoms with Gasteiger partial charge in [-0.2, -0.15) is 5.10 Å². The summed E-state index contributed by atoms with van der Waals surface area (Å²) < 4.78 is 13.4. The van der Waals surface area contributed by atoms with Crippen molar-refractivity contribution in [1.29, 1.82) is 0 Å². The molecule has 0 unspecified atom stereocenters. The van der Waals surface area contributed by atoms with Crippen LogP contribution < -0.4 is 10.7 Å². The molecule has 0 bridgehead atoms. The van der Waals surface area contributed by atoms with Crippen molar-refractivity contribution in [2.45, 2.75) is 32.2 Å². The summed E-state index contributed by atoms with van der Waals surface area (Å²) in [7, 11) is 0. The summed E-state index contributed by atoms with van der Waals surface area (Å²) >= 11 is 0. The molecule has 136 valence electrons. The van der Waals surface area contributed by atoms with Crippen LogP contribution in [0.4, 0.5) is 4.39 Å². The maximum Gasteiger partial charge on any atom is 0.240 e. The number of hydrazone groups is 1. The third-order valence-electron chi connectivity index (χ3n) is 3.69. The van der Waals surface area contributed by atoms with Gasteiger partial charge in [0.05, 0.1) is 6.21 Å². The predicted molar refractivity (Wildman–Crippen MR) is 98.9 cm³/mol. The van der Waals surface area contributed by atoms with E-state index in [2.05, 4.69) is 15.8 Å². The molecule has 0 aliphatic carbocycles. The highest BCUT2D eigenvalue weighted by Gasteiger charge is 2.04. The van der Waals surface area contributed by atoms with Crippen LogP contribution in [0.15, 0.2) is 59.7 Å². The van der Waals surface area contributed by atoms with Gasteiger partial charge in [-0.25, -0.2) is 9.82 Å². The van der Waals surface area contributed by atoms with E-state index in [1.54, 1.807) is 18.2 Å². The van der Waals surface area contributed by atoms with E-state index in [1.165, 1.54) is 12.3 Å². The number of nitrogens with zero attached hydrogens (tertiary/aromatic N) is 1. The minimum absolute atomic E-state index is 0.0353. The molecule has 0 aliphatic rings. The Labute approximate surface area is 152 Å². The van der Waals surface area contributed by atoms with Gasteiger partial charge in [0.2, 0.25) is 11.8 Å². The first-order valence-corrected chi connectivity index (χ1v) is 8.52. The summed E-state index contributed by atoms with van der Waals surface area (Å²) in [6, 6.07) is 15.8. The second kappa shape index (κ2) is 10.8. The molecular formula is C20H22FN3O2. The van der Waals surface area contributed by atoms with Gasteiger partial charge < -0.3 is 5.32 Å². The van der Waals surface area contributed by atoms with Crippen molar-refractivity contribution in [3.05, 3.63) is 71.5 Å². The standard InChI is InChI=1S/C20H22FN3O2/c21-18-11-5-4-10-17(18)15-23-24-20(26)13-7-6-12-19(25)22-14-16-8-2-1-3-9-16/h1-5,8-11,15H,6-7,12-14H2,(H,22,25)(H,24,26)/b23-15+. The molecule has 2 amide bonds. The maximum absolute atomic E-state index is 13.4. The summed E-state index contributed by atoms with van der Waals surface area (Å²) in [6.45, 7) is 0.505. The Balaban J connectivity index is 1.57. The minimum Gasteiger partial charge on any atom is -0.352 e. The van der Waals surface area contributed by atoms with Crippen molar-refractivity contribution < 1.29 is 14.0 Å². The summed E-state index contributed by atoms with van der Waals surface area (Å²) in [5.41, 5.74) is 3.71. The first kappa shape index (κ1) is 19.3. The quantitative estimate of drug-likeness (QED) is 0.412. The molecular weight excluding hydrogens is 333 g/mol. The lowest BCUT2D eigenvalue weighted by Crippen LogP contribution is -2.22. The second-order valence-electron chi connectivity index (χ2n) is 5.78. The summed E-state index contributed by atoms with van der Waals surface area (Å²) in [5.74, 6) is -0.693. The number of halogens is 1. The van der Waals surface area contributed by atoms with E-state index in [9.17, 15) is 14.0 Å². The zero-order valence-electron chi connectivity index (χ0n) is 14.5. The highest BCUT2D eigenvalue weighted by Crippen LogP contribution is 2.03. The number of amides is 2. The van der Waals surface area contributed by atoms with Gasteiger partial charge in [0.25, 0.3) is 0 Å². The summed E-state index contributed by atoms with van der Waals surface area (Å²) in [4.78, 5) is 23.4. The molecule has 0 fully saturated rings. The zero-order valence-corrected chi connectivity index (χ0v) is 14.5. The van der Waals surface area contributed by atoms with E-state index >= 15 is 0 Å². The van der Waals surface area contributed by atoms with Crippen LogP contribution in [0, 0.1) is 5.82 Å². The fourth-order valence-electron chi connectivity index (χ4n) is 2.27. The number of hydrogen-bond acceptors (Lipinski definition) is 3. The fourth-order valence-corrected chi connectivity index (χ4v) is 2.27. The van der Waals surface area contributed by atoms with Crippen LogP contribution in [-0.4, -0.2) is 18.0 Å². The van der Waals surface area contributed by atoms with E-state index < -0.39 is 5.82 Å². The zero-order chi connectivity index (χ0) is 18.6. The van der Waals surface area contributed by atoms with E-state index in [0.717, 1.165) is 5.56 Å². The van der Waals surface area contributed by atoms with Crippen LogP contribution in [-0.2, 0) is 16.1 Å². The fraction of sp³-hybridized carbons (Fsp3) is 0.250. The number of carbonyl (C=O) groups excluding carboxylic acids is 2. The first-order chi connectivity index (χ1) is 12.6. The molecule has 0 radical (unpaired) electrons. The second-order valence-corrected chi connectivity index (χ2v) is 5.78. The number of rotatable bonds is 9. The van der Waals surface area contributed by atoms with Crippen LogP contribution in [0.2, 0.25) is 0 Å². The van der Waals surface area contributed by atoms with Gasteiger partial charge in [-0.05, 0) is 24.5 Å². The monoisotopic (exact) mass is 355 g/mol. The topological polar surface area (TPSA) is 70.6 Å². The molecule has 6 heteroatoms. The third-order valence-corrected chi connectivity index (χ3v) is 3.69. The molecule has 0 aromatic heterocycles. The van der Waals surface area contributed by atoms with E-state index in [4.69, 9.17) is 0 Å². The Morgan fingerprint density at radius 3 is 2.31 bits per heavy atom. The third kappa shape index (κ3) is 7.25. The predicted octanol–water partition coefficient (Wildman–Crippen LogP) is 3.15. The van der Waals surface area contributed by atoms with E-state index in [0.29, 0.717) is 31.4 Å². The van der Waals surface area contributed by atoms with Gasteiger partial charge >= 0.3 is 0 Å². The maximum atomic E-state index is 13.4. The molecule has 2 aromatic carbocycles. The van der Waals surface area contributed by atoms with Crippen molar-refractivity contribution in [1.82, 2.24) is 10.7 Å². The Kier molecular flexibility index (Phi) is 7.99. The molecule has 5 nitrogen and oxygen atoms in total. The summed E-state index contributed by atoms with van der Waals surface area (Å²) in [5, 5.41) is 6.58. The highest BCUT2D eigenvalue weighted by atomic mass is 19.1. The van der Waals surface area contributed by atoms with Crippen LogP contribution in [0.3, 0.4) is 0 Å². The highest BCUT2D eigenvalue weighted by molar-refractivity contribution is 5.82. The van der Waals surface area contributed by atoms with E-state index in [1.807, 2.05) is 30.3 Å². The Morgan fingerprint density at radius 2 is 1.58 bits per heavy atom. The largest absolute Gasteiger partial charge is 0.352 e. The Bertz CT molecular complexity index is 748. The minimum atomic E-state index is -0.396. The lowest BCUT2D eigenvalue weighted by molar-refractivity contribution is -0.123. The number of hydrogen-bond donors (Lipinski definition) is 2. The van der Waals surface area contributed by atoms with Gasteiger partial charge in [-0.3, -0.25) is 9.59 Å². The Morgan fingerprint density at radius 1 is 0.923 bits per heavy atom. The first-order valence-electron chi connectivity index (χ1n) is 8.52. The molecule has 0 spiro atoms. The van der Waals surface area contributed by atoms with E-state index in [-0.39, 0.29) is 18.2 Å². The van der Waals surface area contributed by atoms with Gasteiger partial charge in [-0.1, -0.05) is 48.5 Å². The van der Waals surface area contributed by atoms with Gasteiger partial charge in [0.15, 0.2) is 0 Å². The van der Waals surface area contributed by atoms with Crippen molar-refractivity contribution in [3.63, 3.8) is 0 Å². The van der Waals surface area contributed by atoms with Crippen LogP contribution >= 0.6 is 0 Å². The van der Waals surface area contributed by atoms with Gasteiger partial charge in [0, 0.05) is 24.9 Å². The molecule has 0 aliphatic heterocycles. The molecule has 0 heterocycles. The number of unbranched alkanes of at least 4 members (excludes halogenated alkanes) is 1. The SMILES string of the molecule is O=C(CCCCC(=O)N/N=C/c1ccccc1F)NCc1ccccc1. The van der Waals surface area contributed by atoms with Crippen molar-refractivity contribution >= 4 is 18.0 Å². The molecule has 0 saturated carbocycles. The number of nitrogens with one attached hydrogen (secondary N) is 2. The average Bonchev–Trinajstić information content (AvgIpc) is 2.66. The van der Waals surface area contributed by atoms with Crippen molar-refractivity contribution in [2.24, 2.45) is 5.10 Å². The smallest absolute Gasteiger partial charge is 0.240 e.